The maximum absolute atomic E-state index is 13.7. The number of piperidine rings is 1. The molecule has 2 aromatic rings. The predicted molar refractivity (Wildman–Crippen MR) is 97.8 cm³/mol. The lowest BCUT2D eigenvalue weighted by Crippen LogP contribution is -2.48. The van der Waals surface area contributed by atoms with Crippen molar-refractivity contribution in [2.75, 3.05) is 6.54 Å². The number of benzene rings is 1. The van der Waals surface area contributed by atoms with Crippen LogP contribution in [0.15, 0.2) is 24.3 Å². The van der Waals surface area contributed by atoms with E-state index in [-0.39, 0.29) is 24.2 Å². The standard InChI is InChI=1S/C19H17F4N3O2S/c1-9-25-15(16(29-9)10-3-2-4-12(20)5-10)17(27)26-13(6-11-7-14(11)26)8-24-18(28)19(21,22)23/h2-5,11,13-14H,6-8H2,1H3,(H,24,28)/t11-,13-,14-/m0/s1. The van der Waals surface area contributed by atoms with Crippen LogP contribution < -0.4 is 5.32 Å². The van der Waals surface area contributed by atoms with Crippen LogP contribution in [0, 0.1) is 18.7 Å². The molecule has 3 atom stereocenters. The molecule has 1 N–H and O–H groups in total. The lowest BCUT2D eigenvalue weighted by molar-refractivity contribution is -0.173. The fourth-order valence-corrected chi connectivity index (χ4v) is 4.79. The average Bonchev–Trinajstić information content (AvgIpc) is 3.13. The van der Waals surface area contributed by atoms with Crippen LogP contribution >= 0.6 is 11.3 Å². The Morgan fingerprint density at radius 2 is 2.07 bits per heavy atom. The highest BCUT2D eigenvalue weighted by Gasteiger charge is 2.54. The van der Waals surface area contributed by atoms with Gasteiger partial charge in [-0.1, -0.05) is 12.1 Å². The lowest BCUT2D eigenvalue weighted by Gasteiger charge is -2.27. The number of nitrogens with zero attached hydrogens (tertiary/aromatic N) is 2. The number of fused-ring (bicyclic) bond motifs is 1. The number of carbonyl (C=O) groups excluding carboxylic acids is 2. The lowest BCUT2D eigenvalue weighted by atomic mass is 10.1. The molecule has 1 saturated heterocycles. The Hall–Kier alpha value is -2.49. The normalized spacial score (nSPS) is 23.1. The van der Waals surface area contributed by atoms with Gasteiger partial charge in [-0.25, -0.2) is 9.37 Å². The van der Waals surface area contributed by atoms with Crippen molar-refractivity contribution in [1.29, 1.82) is 0 Å². The van der Waals surface area contributed by atoms with Crippen molar-refractivity contribution in [2.45, 2.75) is 38.0 Å². The maximum Gasteiger partial charge on any atom is 0.471 e. The van der Waals surface area contributed by atoms with Gasteiger partial charge in [-0.2, -0.15) is 13.2 Å². The molecule has 2 heterocycles. The summed E-state index contributed by atoms with van der Waals surface area (Å²) >= 11 is 1.26. The summed E-state index contributed by atoms with van der Waals surface area (Å²) < 4.78 is 51.1. The first-order valence-corrected chi connectivity index (χ1v) is 9.88. The number of likely N-dealkylation sites (tertiary alicyclic amines) is 1. The molecule has 5 nitrogen and oxygen atoms in total. The highest BCUT2D eigenvalue weighted by Crippen LogP contribution is 2.48. The molecule has 0 unspecified atom stereocenters. The molecule has 29 heavy (non-hydrogen) atoms. The minimum atomic E-state index is -4.97. The highest BCUT2D eigenvalue weighted by molar-refractivity contribution is 7.15. The first kappa shape index (κ1) is 19.8. The topological polar surface area (TPSA) is 62.3 Å². The van der Waals surface area contributed by atoms with E-state index in [0.717, 1.165) is 6.42 Å². The van der Waals surface area contributed by atoms with Gasteiger partial charge in [0.05, 0.1) is 15.9 Å². The van der Waals surface area contributed by atoms with Crippen LogP contribution in [0.1, 0.15) is 28.3 Å². The Morgan fingerprint density at radius 3 is 2.76 bits per heavy atom. The van der Waals surface area contributed by atoms with Crippen molar-refractivity contribution in [3.05, 3.63) is 40.8 Å². The zero-order valence-electron chi connectivity index (χ0n) is 15.3. The van der Waals surface area contributed by atoms with Crippen LogP contribution in [0.3, 0.4) is 0 Å². The number of carbonyl (C=O) groups is 2. The molecule has 1 aromatic carbocycles. The van der Waals surface area contributed by atoms with Crippen LogP contribution in [0.4, 0.5) is 17.6 Å². The first-order chi connectivity index (χ1) is 13.6. The van der Waals surface area contributed by atoms with Crippen molar-refractivity contribution in [1.82, 2.24) is 15.2 Å². The third kappa shape index (κ3) is 3.85. The summed E-state index contributed by atoms with van der Waals surface area (Å²) in [6.07, 6.45) is -3.65. The number of rotatable bonds is 4. The number of amides is 2. The van der Waals surface area contributed by atoms with Crippen LogP contribution in [-0.2, 0) is 4.79 Å². The van der Waals surface area contributed by atoms with Gasteiger partial charge >= 0.3 is 12.1 Å². The van der Waals surface area contributed by atoms with Crippen molar-refractivity contribution >= 4 is 23.2 Å². The van der Waals surface area contributed by atoms with Gasteiger partial charge in [0.2, 0.25) is 0 Å². The second kappa shape index (κ2) is 7.08. The van der Waals surface area contributed by atoms with Gasteiger partial charge < -0.3 is 10.2 Å². The van der Waals surface area contributed by atoms with E-state index in [4.69, 9.17) is 0 Å². The summed E-state index contributed by atoms with van der Waals surface area (Å²) in [5.41, 5.74) is 0.685. The second-order valence-corrected chi connectivity index (χ2v) is 8.50. The molecule has 0 radical (unpaired) electrons. The van der Waals surface area contributed by atoms with Gasteiger partial charge in [0.25, 0.3) is 5.91 Å². The molecule has 154 valence electrons. The molecule has 4 rings (SSSR count). The summed E-state index contributed by atoms with van der Waals surface area (Å²) in [5, 5.41) is 2.50. The quantitative estimate of drug-likeness (QED) is 0.760. The zero-order valence-corrected chi connectivity index (χ0v) is 16.1. The number of aromatic nitrogens is 1. The highest BCUT2D eigenvalue weighted by atomic mass is 32.1. The second-order valence-electron chi connectivity index (χ2n) is 7.29. The smallest absolute Gasteiger partial charge is 0.346 e. The molecule has 10 heteroatoms. The molecular weight excluding hydrogens is 410 g/mol. The maximum atomic E-state index is 13.7. The number of aryl methyl sites for hydroxylation is 1. The number of hydrogen-bond acceptors (Lipinski definition) is 4. The molecular formula is C19H17F4N3O2S. The average molecular weight is 427 g/mol. The van der Waals surface area contributed by atoms with E-state index in [1.54, 1.807) is 17.9 Å². The Labute approximate surface area is 167 Å². The van der Waals surface area contributed by atoms with Gasteiger partial charge in [-0.05, 0) is 43.4 Å². The number of hydrogen-bond donors (Lipinski definition) is 1. The number of nitrogens with one attached hydrogen (secondary N) is 1. The van der Waals surface area contributed by atoms with Crippen LogP contribution in [0.2, 0.25) is 0 Å². The summed E-state index contributed by atoms with van der Waals surface area (Å²) in [5.74, 6) is -2.63. The van der Waals surface area contributed by atoms with E-state index in [2.05, 4.69) is 4.98 Å². The van der Waals surface area contributed by atoms with E-state index in [1.165, 1.54) is 29.5 Å². The minimum absolute atomic E-state index is 0.0577. The molecule has 1 aliphatic heterocycles. The molecule has 0 bridgehead atoms. The SMILES string of the molecule is Cc1nc(C(=O)N2[C@H](CNC(=O)C(F)(F)F)C[C@H]3C[C@@H]32)c(-c2cccc(F)c2)s1. The molecule has 2 amide bonds. The summed E-state index contributed by atoms with van der Waals surface area (Å²) in [4.78, 5) is 30.8. The molecule has 1 aromatic heterocycles. The summed E-state index contributed by atoms with van der Waals surface area (Å²) in [7, 11) is 0. The van der Waals surface area contributed by atoms with Crippen LogP contribution in [0.5, 0.6) is 0 Å². The largest absolute Gasteiger partial charge is 0.471 e. The Bertz CT molecular complexity index is 975. The van der Waals surface area contributed by atoms with Crippen LogP contribution in [0.25, 0.3) is 10.4 Å². The monoisotopic (exact) mass is 427 g/mol. The van der Waals surface area contributed by atoms with Crippen molar-refractivity contribution in [2.24, 2.45) is 5.92 Å². The van der Waals surface area contributed by atoms with Crippen molar-refractivity contribution in [3.8, 4) is 10.4 Å². The molecule has 1 saturated carbocycles. The molecule has 1 aliphatic carbocycles. The van der Waals surface area contributed by atoms with E-state index < -0.39 is 29.8 Å². The zero-order chi connectivity index (χ0) is 20.9. The van der Waals surface area contributed by atoms with Gasteiger partial charge in [0, 0.05) is 12.6 Å². The fourth-order valence-electron chi connectivity index (χ4n) is 3.89. The summed E-state index contributed by atoms with van der Waals surface area (Å²) in [6.45, 7) is 1.46. The van der Waals surface area contributed by atoms with Crippen molar-refractivity contribution < 1.29 is 27.2 Å². The van der Waals surface area contributed by atoms with E-state index in [9.17, 15) is 27.2 Å². The molecule has 2 fully saturated rings. The van der Waals surface area contributed by atoms with Gasteiger partial charge in [0.1, 0.15) is 11.5 Å². The Morgan fingerprint density at radius 1 is 1.31 bits per heavy atom. The number of thiazole rings is 1. The predicted octanol–water partition coefficient (Wildman–Crippen LogP) is 3.54. The minimum Gasteiger partial charge on any atom is -0.346 e. The molecule has 2 aliphatic rings. The first-order valence-electron chi connectivity index (χ1n) is 9.06. The van der Waals surface area contributed by atoms with E-state index >= 15 is 0 Å². The van der Waals surface area contributed by atoms with E-state index in [0.29, 0.717) is 21.9 Å². The Balaban J connectivity index is 1.58. The van der Waals surface area contributed by atoms with Gasteiger partial charge in [0.15, 0.2) is 0 Å². The van der Waals surface area contributed by atoms with Crippen LogP contribution in [-0.4, -0.2) is 46.5 Å². The number of halogens is 4. The summed E-state index contributed by atoms with van der Waals surface area (Å²) in [6, 6.07) is 5.24. The van der Waals surface area contributed by atoms with Gasteiger partial charge in [-0.3, -0.25) is 9.59 Å². The molecule has 0 spiro atoms. The van der Waals surface area contributed by atoms with E-state index in [1.807, 2.05) is 5.32 Å². The van der Waals surface area contributed by atoms with Gasteiger partial charge in [-0.15, -0.1) is 11.3 Å². The van der Waals surface area contributed by atoms with Crippen molar-refractivity contribution in [3.63, 3.8) is 0 Å². The third-order valence-corrected chi connectivity index (χ3v) is 6.24. The fraction of sp³-hybridized carbons (Fsp3) is 0.421. The Kier molecular flexibility index (Phi) is 4.84. The number of alkyl halides is 3. The third-order valence-electron chi connectivity index (χ3n) is 5.22.